The molecule has 0 radical (unpaired) electrons. The molecule has 2 fully saturated rings. The normalized spacial score (nSPS) is 21.7. The summed E-state index contributed by atoms with van der Waals surface area (Å²) >= 11 is 0. The van der Waals surface area contributed by atoms with Crippen LogP contribution in [0.2, 0.25) is 0 Å². The maximum atomic E-state index is 5.70. The van der Waals surface area contributed by atoms with Crippen LogP contribution in [-0.2, 0) is 0 Å². The molecule has 1 aromatic rings. The molecule has 2 aliphatic rings. The number of ether oxygens (including phenoxy) is 1. The van der Waals surface area contributed by atoms with E-state index in [4.69, 9.17) is 4.74 Å². The molecular weight excluding hydrogens is 174 g/mol. The first-order chi connectivity index (χ1) is 6.92. The summed E-state index contributed by atoms with van der Waals surface area (Å²) in [6.07, 6.45) is 2.97. The molecule has 1 aliphatic heterocycles. The summed E-state index contributed by atoms with van der Waals surface area (Å²) in [6.45, 7) is 2.26. The van der Waals surface area contributed by atoms with Crippen LogP contribution in [0.3, 0.4) is 0 Å². The molecule has 2 heteroatoms. The second-order valence-corrected chi connectivity index (χ2v) is 4.24. The van der Waals surface area contributed by atoms with Crippen molar-refractivity contribution in [1.29, 1.82) is 0 Å². The second kappa shape index (κ2) is 3.28. The summed E-state index contributed by atoms with van der Waals surface area (Å²) in [7, 11) is 0. The van der Waals surface area contributed by atoms with Gasteiger partial charge >= 0.3 is 0 Å². The van der Waals surface area contributed by atoms with Gasteiger partial charge in [0.05, 0.1) is 6.10 Å². The van der Waals surface area contributed by atoms with Crippen molar-refractivity contribution in [2.75, 3.05) is 13.1 Å². The van der Waals surface area contributed by atoms with E-state index in [2.05, 4.69) is 29.6 Å². The zero-order valence-electron chi connectivity index (χ0n) is 8.20. The van der Waals surface area contributed by atoms with Gasteiger partial charge in [-0.15, -0.1) is 0 Å². The highest BCUT2D eigenvalue weighted by molar-refractivity contribution is 5.31. The van der Waals surface area contributed by atoms with Gasteiger partial charge in [0, 0.05) is 19.0 Å². The van der Waals surface area contributed by atoms with E-state index >= 15 is 0 Å². The van der Waals surface area contributed by atoms with E-state index in [-0.39, 0.29) is 0 Å². The highest BCUT2D eigenvalue weighted by atomic mass is 16.5. The third kappa shape index (κ3) is 1.62. The third-order valence-electron chi connectivity index (χ3n) is 2.96. The van der Waals surface area contributed by atoms with E-state index in [1.165, 1.54) is 18.4 Å². The van der Waals surface area contributed by atoms with Crippen LogP contribution in [0.4, 0.5) is 0 Å². The van der Waals surface area contributed by atoms with Crippen LogP contribution >= 0.6 is 0 Å². The van der Waals surface area contributed by atoms with Crippen molar-refractivity contribution < 1.29 is 4.74 Å². The summed E-state index contributed by atoms with van der Waals surface area (Å²) in [5.41, 5.74) is 1.44. The lowest BCUT2D eigenvalue weighted by Crippen LogP contribution is -2.39. The zero-order valence-corrected chi connectivity index (χ0v) is 8.20. The van der Waals surface area contributed by atoms with Crippen LogP contribution in [-0.4, -0.2) is 19.2 Å². The molecule has 1 aromatic carbocycles. The fourth-order valence-corrected chi connectivity index (χ4v) is 1.72. The Bertz CT molecular complexity index is 312. The van der Waals surface area contributed by atoms with Gasteiger partial charge in [0.15, 0.2) is 0 Å². The van der Waals surface area contributed by atoms with E-state index in [0.717, 1.165) is 24.8 Å². The van der Waals surface area contributed by atoms with Crippen molar-refractivity contribution in [1.82, 2.24) is 5.32 Å². The van der Waals surface area contributed by atoms with Crippen molar-refractivity contribution in [3.8, 4) is 5.75 Å². The van der Waals surface area contributed by atoms with Crippen molar-refractivity contribution in [2.24, 2.45) is 0 Å². The van der Waals surface area contributed by atoms with Gasteiger partial charge in [0.1, 0.15) is 5.75 Å². The van der Waals surface area contributed by atoms with E-state index in [1.54, 1.807) is 0 Å². The molecule has 0 atom stereocenters. The quantitative estimate of drug-likeness (QED) is 0.784. The van der Waals surface area contributed by atoms with E-state index in [0.29, 0.717) is 6.10 Å². The minimum atomic E-state index is 0.506. The Labute approximate surface area is 84.3 Å². The second-order valence-electron chi connectivity index (χ2n) is 4.24. The predicted molar refractivity (Wildman–Crippen MR) is 55.7 cm³/mol. The summed E-state index contributed by atoms with van der Waals surface area (Å²) in [5, 5.41) is 3.29. The molecule has 14 heavy (non-hydrogen) atoms. The van der Waals surface area contributed by atoms with Gasteiger partial charge in [-0.1, -0.05) is 12.1 Å². The van der Waals surface area contributed by atoms with Gasteiger partial charge in [0.2, 0.25) is 0 Å². The largest absolute Gasteiger partial charge is 0.490 e. The molecule has 1 heterocycles. The first-order valence-electron chi connectivity index (χ1n) is 5.39. The van der Waals surface area contributed by atoms with Crippen molar-refractivity contribution in [3.05, 3.63) is 29.8 Å². The SMILES string of the molecule is c1cc(C2CNC2)ccc1OC1CC1. The molecule has 1 N–H and O–H groups in total. The Morgan fingerprint density at radius 2 is 1.79 bits per heavy atom. The van der Waals surface area contributed by atoms with Gasteiger partial charge < -0.3 is 10.1 Å². The molecular formula is C12H15NO. The van der Waals surface area contributed by atoms with Crippen LogP contribution in [0, 0.1) is 0 Å². The monoisotopic (exact) mass is 189 g/mol. The van der Waals surface area contributed by atoms with Gasteiger partial charge in [-0.3, -0.25) is 0 Å². The standard InChI is InChI=1S/C12H15NO/c1-3-11(14-12-5-6-12)4-2-9(1)10-7-13-8-10/h1-4,10,12-13H,5-8H2. The lowest BCUT2D eigenvalue weighted by atomic mass is 9.94. The first kappa shape index (κ1) is 8.30. The van der Waals surface area contributed by atoms with E-state index < -0.39 is 0 Å². The molecule has 1 saturated carbocycles. The maximum Gasteiger partial charge on any atom is 0.119 e. The highest BCUT2D eigenvalue weighted by Crippen LogP contribution is 2.28. The lowest BCUT2D eigenvalue weighted by Gasteiger charge is -2.27. The zero-order chi connectivity index (χ0) is 9.38. The van der Waals surface area contributed by atoms with Gasteiger partial charge in [-0.25, -0.2) is 0 Å². The van der Waals surface area contributed by atoms with Crippen LogP contribution in [0.1, 0.15) is 24.3 Å². The third-order valence-corrected chi connectivity index (χ3v) is 2.96. The molecule has 1 saturated heterocycles. The molecule has 74 valence electrons. The van der Waals surface area contributed by atoms with Crippen LogP contribution in [0.25, 0.3) is 0 Å². The van der Waals surface area contributed by atoms with Gasteiger partial charge in [-0.2, -0.15) is 0 Å². The topological polar surface area (TPSA) is 21.3 Å². The van der Waals surface area contributed by atoms with Gasteiger partial charge in [-0.05, 0) is 30.5 Å². The highest BCUT2D eigenvalue weighted by Gasteiger charge is 2.23. The Hall–Kier alpha value is -1.02. The minimum Gasteiger partial charge on any atom is -0.490 e. The number of nitrogens with one attached hydrogen (secondary N) is 1. The maximum absolute atomic E-state index is 5.70. The smallest absolute Gasteiger partial charge is 0.119 e. The summed E-state index contributed by atoms with van der Waals surface area (Å²) in [5.74, 6) is 1.76. The van der Waals surface area contributed by atoms with Crippen molar-refractivity contribution in [3.63, 3.8) is 0 Å². The summed E-state index contributed by atoms with van der Waals surface area (Å²) in [6, 6.07) is 8.60. The van der Waals surface area contributed by atoms with Crippen molar-refractivity contribution >= 4 is 0 Å². The Balaban J connectivity index is 1.69. The van der Waals surface area contributed by atoms with Crippen LogP contribution < -0.4 is 10.1 Å². The Kier molecular flexibility index (Phi) is 1.95. The molecule has 0 spiro atoms. The number of benzene rings is 1. The molecule has 1 aliphatic carbocycles. The number of hydrogen-bond acceptors (Lipinski definition) is 2. The van der Waals surface area contributed by atoms with E-state index in [9.17, 15) is 0 Å². The number of hydrogen-bond donors (Lipinski definition) is 1. The fourth-order valence-electron chi connectivity index (χ4n) is 1.72. The van der Waals surface area contributed by atoms with Gasteiger partial charge in [0.25, 0.3) is 0 Å². The summed E-state index contributed by atoms with van der Waals surface area (Å²) < 4.78 is 5.70. The molecule has 0 bridgehead atoms. The fraction of sp³-hybridized carbons (Fsp3) is 0.500. The Morgan fingerprint density at radius 3 is 2.29 bits per heavy atom. The first-order valence-corrected chi connectivity index (χ1v) is 5.39. The molecule has 0 aromatic heterocycles. The van der Waals surface area contributed by atoms with Crippen LogP contribution in [0.15, 0.2) is 24.3 Å². The van der Waals surface area contributed by atoms with E-state index in [1.807, 2.05) is 0 Å². The average molecular weight is 189 g/mol. The molecule has 0 unspecified atom stereocenters. The molecule has 2 nitrogen and oxygen atoms in total. The van der Waals surface area contributed by atoms with Crippen LogP contribution in [0.5, 0.6) is 5.75 Å². The predicted octanol–water partition coefficient (Wildman–Crippen LogP) is 1.91. The summed E-state index contributed by atoms with van der Waals surface area (Å²) in [4.78, 5) is 0. The Morgan fingerprint density at radius 1 is 1.07 bits per heavy atom. The lowest BCUT2D eigenvalue weighted by molar-refractivity contribution is 0.303. The average Bonchev–Trinajstić information content (AvgIpc) is 2.89. The minimum absolute atomic E-state index is 0.506. The molecule has 0 amide bonds. The molecule has 3 rings (SSSR count). The number of rotatable bonds is 3. The van der Waals surface area contributed by atoms with Crippen molar-refractivity contribution in [2.45, 2.75) is 24.9 Å².